The zero-order valence-electron chi connectivity index (χ0n) is 17.6. The lowest BCUT2D eigenvalue weighted by Crippen LogP contribution is -2.44. The standard InChI is InChI=1S/C22H29N5O3/c1-4-30-10-9-27-20(7-8-25-22(27)24-2)16-11-15-5-6-17(29-3)13-18(15)19(12-16)26-21(28)14-23/h5-8,11-13,22,24H,4,9-10,14,23H2,1-3H3,(H,26,28). The van der Waals surface area contributed by atoms with Crippen LogP contribution in [0.15, 0.2) is 41.4 Å². The molecule has 0 saturated carbocycles. The van der Waals surface area contributed by atoms with Crippen molar-refractivity contribution in [3.63, 3.8) is 0 Å². The van der Waals surface area contributed by atoms with E-state index in [1.807, 2.05) is 44.3 Å². The van der Waals surface area contributed by atoms with Gasteiger partial charge in [-0.3, -0.25) is 15.1 Å². The molecule has 1 heterocycles. The number of hydrogen-bond acceptors (Lipinski definition) is 7. The van der Waals surface area contributed by atoms with Gasteiger partial charge in [0, 0.05) is 41.7 Å². The molecule has 30 heavy (non-hydrogen) atoms. The van der Waals surface area contributed by atoms with Crippen LogP contribution in [0.25, 0.3) is 16.5 Å². The molecule has 0 spiro atoms. The third-order valence-corrected chi connectivity index (χ3v) is 4.92. The van der Waals surface area contributed by atoms with Crippen molar-refractivity contribution < 1.29 is 14.3 Å². The number of nitrogens with one attached hydrogen (secondary N) is 2. The van der Waals surface area contributed by atoms with Crippen molar-refractivity contribution in [2.75, 3.05) is 45.8 Å². The number of rotatable bonds is 9. The van der Waals surface area contributed by atoms with Crippen molar-refractivity contribution in [3.8, 4) is 5.75 Å². The molecule has 8 nitrogen and oxygen atoms in total. The fraction of sp³-hybridized carbons (Fsp3) is 0.364. The Balaban J connectivity index is 2.07. The lowest BCUT2D eigenvalue weighted by atomic mass is 10.0. The first kappa shape index (κ1) is 21.8. The molecule has 1 aliphatic rings. The molecule has 0 bridgehead atoms. The summed E-state index contributed by atoms with van der Waals surface area (Å²) in [5.41, 5.74) is 8.17. The molecule has 0 fully saturated rings. The fourth-order valence-corrected chi connectivity index (χ4v) is 3.46. The summed E-state index contributed by atoms with van der Waals surface area (Å²) in [5.74, 6) is 0.466. The second kappa shape index (κ2) is 10.2. The van der Waals surface area contributed by atoms with Gasteiger partial charge in [-0.2, -0.15) is 0 Å². The number of nitrogens with zero attached hydrogens (tertiary/aromatic N) is 2. The van der Waals surface area contributed by atoms with Gasteiger partial charge in [0.05, 0.1) is 20.3 Å². The second-order valence-electron chi connectivity index (χ2n) is 6.77. The number of amides is 1. The Labute approximate surface area is 176 Å². The van der Waals surface area contributed by atoms with Crippen LogP contribution in [0.3, 0.4) is 0 Å². The smallest absolute Gasteiger partial charge is 0.238 e. The summed E-state index contributed by atoms with van der Waals surface area (Å²) in [4.78, 5) is 18.7. The molecule has 8 heteroatoms. The van der Waals surface area contributed by atoms with Crippen molar-refractivity contribution >= 4 is 34.3 Å². The first-order valence-corrected chi connectivity index (χ1v) is 9.98. The molecular formula is C22H29N5O3. The minimum atomic E-state index is -0.253. The molecule has 3 rings (SSSR count). The quantitative estimate of drug-likeness (QED) is 0.546. The summed E-state index contributed by atoms with van der Waals surface area (Å²) in [7, 11) is 3.49. The lowest BCUT2D eigenvalue weighted by Gasteiger charge is -2.35. The summed E-state index contributed by atoms with van der Waals surface area (Å²) in [5, 5.41) is 8.00. The Morgan fingerprint density at radius 2 is 2.13 bits per heavy atom. The number of anilines is 1. The highest BCUT2D eigenvalue weighted by atomic mass is 16.5. The molecule has 2 aromatic carbocycles. The SMILES string of the molecule is CCOCCN1C(c2cc(NC(=O)CN)c3cc(OC)ccc3c2)=CC=NC1NC. The van der Waals surface area contributed by atoms with E-state index in [-0.39, 0.29) is 18.7 Å². The molecule has 0 radical (unpaired) electrons. The molecular weight excluding hydrogens is 382 g/mol. The van der Waals surface area contributed by atoms with E-state index in [2.05, 4.69) is 26.6 Å². The summed E-state index contributed by atoms with van der Waals surface area (Å²) in [6.07, 6.45) is 3.57. The number of hydrogen-bond donors (Lipinski definition) is 3. The predicted molar refractivity (Wildman–Crippen MR) is 121 cm³/mol. The fourth-order valence-electron chi connectivity index (χ4n) is 3.46. The Kier molecular flexibility index (Phi) is 7.40. The van der Waals surface area contributed by atoms with E-state index < -0.39 is 0 Å². The minimum absolute atomic E-state index is 0.0899. The van der Waals surface area contributed by atoms with Gasteiger partial charge in [-0.25, -0.2) is 0 Å². The van der Waals surface area contributed by atoms with E-state index in [0.717, 1.165) is 27.8 Å². The topological polar surface area (TPSA) is 101 Å². The molecule has 0 aliphatic carbocycles. The maximum Gasteiger partial charge on any atom is 0.238 e. The van der Waals surface area contributed by atoms with Gasteiger partial charge < -0.3 is 25.4 Å². The average Bonchev–Trinajstić information content (AvgIpc) is 2.78. The van der Waals surface area contributed by atoms with Crippen molar-refractivity contribution in [1.29, 1.82) is 0 Å². The minimum Gasteiger partial charge on any atom is -0.497 e. The van der Waals surface area contributed by atoms with Crippen LogP contribution in [0.4, 0.5) is 5.69 Å². The maximum absolute atomic E-state index is 12.1. The van der Waals surface area contributed by atoms with Gasteiger partial charge in [0.15, 0.2) is 6.29 Å². The van der Waals surface area contributed by atoms with E-state index in [1.165, 1.54) is 0 Å². The van der Waals surface area contributed by atoms with Crippen LogP contribution in [-0.4, -0.2) is 63.8 Å². The third-order valence-electron chi connectivity index (χ3n) is 4.92. The number of methoxy groups -OCH3 is 1. The van der Waals surface area contributed by atoms with Gasteiger partial charge >= 0.3 is 0 Å². The average molecular weight is 412 g/mol. The summed E-state index contributed by atoms with van der Waals surface area (Å²) in [6.45, 7) is 3.81. The molecule has 0 saturated heterocycles. The van der Waals surface area contributed by atoms with E-state index in [1.54, 1.807) is 13.3 Å². The molecule has 4 N–H and O–H groups in total. The Bertz CT molecular complexity index is 957. The summed E-state index contributed by atoms with van der Waals surface area (Å²) < 4.78 is 10.9. The van der Waals surface area contributed by atoms with Gasteiger partial charge in [-0.05, 0) is 49.7 Å². The Morgan fingerprint density at radius 3 is 2.83 bits per heavy atom. The van der Waals surface area contributed by atoms with Crippen LogP contribution in [0.1, 0.15) is 12.5 Å². The first-order chi connectivity index (χ1) is 14.6. The van der Waals surface area contributed by atoms with Crippen LogP contribution in [0.5, 0.6) is 5.75 Å². The molecule has 2 aromatic rings. The van der Waals surface area contributed by atoms with Crippen LogP contribution >= 0.6 is 0 Å². The number of aliphatic imine (C=N–C) groups is 1. The largest absolute Gasteiger partial charge is 0.497 e. The predicted octanol–water partition coefficient (Wildman–Crippen LogP) is 2.01. The second-order valence-corrected chi connectivity index (χ2v) is 6.77. The van der Waals surface area contributed by atoms with Crippen molar-refractivity contribution in [3.05, 3.63) is 42.0 Å². The maximum atomic E-state index is 12.1. The molecule has 1 atom stereocenters. The summed E-state index contributed by atoms with van der Waals surface area (Å²) >= 11 is 0. The van der Waals surface area contributed by atoms with Crippen LogP contribution in [-0.2, 0) is 9.53 Å². The van der Waals surface area contributed by atoms with Gasteiger partial charge in [0.25, 0.3) is 0 Å². The number of carbonyl (C=O) groups is 1. The number of fused-ring (bicyclic) bond motifs is 1. The highest BCUT2D eigenvalue weighted by Gasteiger charge is 2.23. The number of allylic oxidation sites excluding steroid dienone is 1. The molecule has 1 amide bonds. The highest BCUT2D eigenvalue weighted by Crippen LogP contribution is 2.33. The number of carbonyl (C=O) groups excluding carboxylic acids is 1. The zero-order chi connectivity index (χ0) is 21.5. The Hall–Kier alpha value is -2.94. The molecule has 1 aliphatic heterocycles. The Morgan fingerprint density at radius 1 is 1.30 bits per heavy atom. The van der Waals surface area contributed by atoms with E-state index >= 15 is 0 Å². The van der Waals surface area contributed by atoms with E-state index in [0.29, 0.717) is 25.4 Å². The van der Waals surface area contributed by atoms with Crippen LogP contribution in [0, 0.1) is 0 Å². The number of nitrogens with two attached hydrogens (primary N) is 1. The zero-order valence-corrected chi connectivity index (χ0v) is 17.6. The lowest BCUT2D eigenvalue weighted by molar-refractivity contribution is -0.114. The van der Waals surface area contributed by atoms with E-state index in [4.69, 9.17) is 15.2 Å². The summed E-state index contributed by atoms with van der Waals surface area (Å²) in [6, 6.07) is 9.85. The van der Waals surface area contributed by atoms with E-state index in [9.17, 15) is 4.79 Å². The first-order valence-electron chi connectivity index (χ1n) is 9.98. The van der Waals surface area contributed by atoms with Crippen LogP contribution in [0.2, 0.25) is 0 Å². The van der Waals surface area contributed by atoms with Gasteiger partial charge in [-0.1, -0.05) is 6.07 Å². The molecule has 160 valence electrons. The molecule has 1 unspecified atom stereocenters. The van der Waals surface area contributed by atoms with Gasteiger partial charge in [-0.15, -0.1) is 0 Å². The van der Waals surface area contributed by atoms with Crippen molar-refractivity contribution in [2.45, 2.75) is 13.2 Å². The number of ether oxygens (including phenoxy) is 2. The third kappa shape index (κ3) is 4.79. The molecule has 0 aromatic heterocycles. The van der Waals surface area contributed by atoms with Gasteiger partial charge in [0.1, 0.15) is 5.75 Å². The van der Waals surface area contributed by atoms with Crippen molar-refractivity contribution in [2.24, 2.45) is 10.7 Å². The monoisotopic (exact) mass is 411 g/mol. The van der Waals surface area contributed by atoms with Gasteiger partial charge in [0.2, 0.25) is 5.91 Å². The normalized spacial score (nSPS) is 15.9. The highest BCUT2D eigenvalue weighted by molar-refractivity contribution is 6.05. The van der Waals surface area contributed by atoms with Crippen molar-refractivity contribution in [1.82, 2.24) is 10.2 Å². The van der Waals surface area contributed by atoms with Crippen LogP contribution < -0.4 is 21.1 Å². The number of benzene rings is 2.